The Kier molecular flexibility index (Phi) is 8.83. The summed E-state index contributed by atoms with van der Waals surface area (Å²) in [5.41, 5.74) is 3.26. The van der Waals surface area contributed by atoms with Gasteiger partial charge in [-0.1, -0.05) is 44.7 Å². The van der Waals surface area contributed by atoms with Gasteiger partial charge in [0.1, 0.15) is 5.82 Å². The summed E-state index contributed by atoms with van der Waals surface area (Å²) in [5, 5.41) is 0.943. The van der Waals surface area contributed by atoms with Crippen LogP contribution in [-0.4, -0.2) is 24.5 Å². The molecule has 0 aliphatic carbocycles. The van der Waals surface area contributed by atoms with Crippen LogP contribution in [0.5, 0.6) is 11.5 Å². The van der Waals surface area contributed by atoms with Crippen LogP contribution in [0.1, 0.15) is 50.7 Å². The first-order chi connectivity index (χ1) is 15.2. The SMILES string of the molecule is CCCCOc1cc2nccc(Cc3ccc(NSCCCC)cc3F)c2cc1OC. The number of benzene rings is 2. The quantitative estimate of drug-likeness (QED) is 0.241. The van der Waals surface area contributed by atoms with E-state index < -0.39 is 0 Å². The first kappa shape index (κ1) is 23.2. The van der Waals surface area contributed by atoms with E-state index in [4.69, 9.17) is 9.47 Å². The van der Waals surface area contributed by atoms with Crippen molar-refractivity contribution >= 4 is 28.5 Å². The molecule has 0 fully saturated rings. The minimum atomic E-state index is -0.211. The number of ether oxygens (including phenoxy) is 2. The maximum Gasteiger partial charge on any atom is 0.163 e. The molecule has 6 heteroatoms. The van der Waals surface area contributed by atoms with Gasteiger partial charge in [-0.2, -0.15) is 0 Å². The van der Waals surface area contributed by atoms with E-state index in [0.29, 0.717) is 30.1 Å². The van der Waals surface area contributed by atoms with Gasteiger partial charge in [0, 0.05) is 35.5 Å². The van der Waals surface area contributed by atoms with Crippen molar-refractivity contribution in [2.45, 2.75) is 46.0 Å². The van der Waals surface area contributed by atoms with Gasteiger partial charge in [0.25, 0.3) is 0 Å². The van der Waals surface area contributed by atoms with Gasteiger partial charge in [-0.05, 0) is 48.2 Å². The molecule has 0 saturated carbocycles. The summed E-state index contributed by atoms with van der Waals surface area (Å²) < 4.78 is 29.4. The number of hydrogen-bond acceptors (Lipinski definition) is 5. The van der Waals surface area contributed by atoms with Crippen LogP contribution in [0.4, 0.5) is 10.1 Å². The van der Waals surface area contributed by atoms with Crippen molar-refractivity contribution < 1.29 is 13.9 Å². The fourth-order valence-electron chi connectivity index (χ4n) is 3.27. The Morgan fingerprint density at radius 1 is 1.00 bits per heavy atom. The fourth-order valence-corrected chi connectivity index (χ4v) is 4.10. The Bertz CT molecular complexity index is 997. The summed E-state index contributed by atoms with van der Waals surface area (Å²) in [4.78, 5) is 4.49. The zero-order valence-corrected chi connectivity index (χ0v) is 19.4. The molecule has 0 saturated heterocycles. The lowest BCUT2D eigenvalue weighted by molar-refractivity contribution is 0.289. The summed E-state index contributed by atoms with van der Waals surface area (Å²) in [6.45, 7) is 4.93. The first-order valence-corrected chi connectivity index (χ1v) is 11.9. The average molecular weight is 443 g/mol. The van der Waals surface area contributed by atoms with Crippen LogP contribution in [0.2, 0.25) is 0 Å². The van der Waals surface area contributed by atoms with Crippen LogP contribution in [0, 0.1) is 5.82 Å². The van der Waals surface area contributed by atoms with E-state index in [1.165, 1.54) is 0 Å². The number of pyridine rings is 1. The van der Waals surface area contributed by atoms with Gasteiger partial charge < -0.3 is 14.2 Å². The minimum Gasteiger partial charge on any atom is -0.493 e. The number of unbranched alkanes of at least 4 members (excludes halogenated alkanes) is 2. The van der Waals surface area contributed by atoms with E-state index >= 15 is 0 Å². The zero-order valence-electron chi connectivity index (χ0n) is 18.5. The highest BCUT2D eigenvalue weighted by Gasteiger charge is 2.13. The second kappa shape index (κ2) is 11.8. The molecule has 2 aromatic carbocycles. The van der Waals surface area contributed by atoms with Gasteiger partial charge in [0.2, 0.25) is 0 Å². The van der Waals surface area contributed by atoms with Crippen molar-refractivity contribution in [2.24, 2.45) is 0 Å². The molecule has 0 atom stereocenters. The van der Waals surface area contributed by atoms with Gasteiger partial charge >= 0.3 is 0 Å². The van der Waals surface area contributed by atoms with Crippen molar-refractivity contribution in [3.63, 3.8) is 0 Å². The van der Waals surface area contributed by atoms with E-state index in [9.17, 15) is 4.39 Å². The number of fused-ring (bicyclic) bond motifs is 1. The zero-order chi connectivity index (χ0) is 22.1. The van der Waals surface area contributed by atoms with E-state index in [2.05, 4.69) is 23.6 Å². The van der Waals surface area contributed by atoms with Crippen LogP contribution in [-0.2, 0) is 6.42 Å². The summed E-state index contributed by atoms with van der Waals surface area (Å²) in [5.74, 6) is 2.16. The third-order valence-electron chi connectivity index (χ3n) is 5.10. The Hall–Kier alpha value is -2.47. The summed E-state index contributed by atoms with van der Waals surface area (Å²) >= 11 is 1.61. The molecular formula is C25H31FN2O2S. The minimum absolute atomic E-state index is 0.211. The molecule has 0 bridgehead atoms. The average Bonchev–Trinajstić information content (AvgIpc) is 2.78. The number of hydrogen-bond donors (Lipinski definition) is 1. The van der Waals surface area contributed by atoms with Crippen molar-refractivity contribution in [3.05, 3.63) is 59.5 Å². The smallest absolute Gasteiger partial charge is 0.163 e. The molecule has 1 aromatic heterocycles. The van der Waals surface area contributed by atoms with Crippen LogP contribution in [0.15, 0.2) is 42.6 Å². The molecule has 0 unspecified atom stereocenters. The molecule has 0 spiro atoms. The van der Waals surface area contributed by atoms with E-state index in [1.807, 2.05) is 30.3 Å². The largest absolute Gasteiger partial charge is 0.493 e. The number of aromatic nitrogens is 1. The predicted molar refractivity (Wildman–Crippen MR) is 129 cm³/mol. The third-order valence-corrected chi connectivity index (χ3v) is 5.97. The van der Waals surface area contributed by atoms with Crippen molar-refractivity contribution in [1.82, 2.24) is 4.98 Å². The van der Waals surface area contributed by atoms with Gasteiger partial charge in [-0.15, -0.1) is 0 Å². The first-order valence-electron chi connectivity index (χ1n) is 10.9. The second-order valence-corrected chi connectivity index (χ2v) is 8.38. The van der Waals surface area contributed by atoms with Crippen LogP contribution in [0.25, 0.3) is 10.9 Å². The summed E-state index contributed by atoms with van der Waals surface area (Å²) in [7, 11) is 1.63. The molecule has 0 aliphatic heterocycles. The van der Waals surface area contributed by atoms with Crippen LogP contribution in [0.3, 0.4) is 0 Å². The summed E-state index contributed by atoms with van der Waals surface area (Å²) in [6.07, 6.45) is 6.58. The number of rotatable bonds is 12. The van der Waals surface area contributed by atoms with Crippen molar-refractivity contribution in [1.29, 1.82) is 0 Å². The maximum absolute atomic E-state index is 14.8. The molecule has 31 heavy (non-hydrogen) atoms. The Labute approximate surface area is 188 Å². The van der Waals surface area contributed by atoms with E-state index in [0.717, 1.165) is 53.6 Å². The number of methoxy groups -OCH3 is 1. The monoisotopic (exact) mass is 442 g/mol. The lowest BCUT2D eigenvalue weighted by Crippen LogP contribution is -2.00. The lowest BCUT2D eigenvalue weighted by Gasteiger charge is -2.14. The summed E-state index contributed by atoms with van der Waals surface area (Å²) in [6, 6.07) is 11.1. The van der Waals surface area contributed by atoms with Crippen LogP contribution < -0.4 is 14.2 Å². The topological polar surface area (TPSA) is 43.4 Å². The van der Waals surface area contributed by atoms with Crippen LogP contribution >= 0.6 is 11.9 Å². The molecule has 1 N–H and O–H groups in total. The molecule has 0 aliphatic rings. The van der Waals surface area contributed by atoms with Gasteiger partial charge in [0.15, 0.2) is 11.5 Å². The highest BCUT2D eigenvalue weighted by atomic mass is 32.2. The third kappa shape index (κ3) is 6.26. The van der Waals surface area contributed by atoms with Gasteiger partial charge in [0.05, 0.1) is 19.2 Å². The Morgan fingerprint density at radius 3 is 2.58 bits per heavy atom. The molecule has 3 aromatic rings. The lowest BCUT2D eigenvalue weighted by atomic mass is 10.00. The van der Waals surface area contributed by atoms with Crippen molar-refractivity contribution in [3.8, 4) is 11.5 Å². The molecule has 3 rings (SSSR count). The van der Waals surface area contributed by atoms with E-state index in [1.54, 1.807) is 31.3 Å². The molecule has 1 heterocycles. The molecular weight excluding hydrogens is 411 g/mol. The normalized spacial score (nSPS) is 11.0. The van der Waals surface area contributed by atoms with Gasteiger partial charge in [-0.25, -0.2) is 4.39 Å². The Morgan fingerprint density at radius 2 is 1.84 bits per heavy atom. The fraction of sp³-hybridized carbons (Fsp3) is 0.400. The second-order valence-electron chi connectivity index (χ2n) is 7.48. The maximum atomic E-state index is 14.8. The van der Waals surface area contributed by atoms with Gasteiger partial charge in [-0.3, -0.25) is 4.98 Å². The molecule has 0 radical (unpaired) electrons. The highest BCUT2D eigenvalue weighted by Crippen LogP contribution is 2.34. The predicted octanol–water partition coefficient (Wildman–Crippen LogP) is 7.01. The Balaban J connectivity index is 1.81. The molecule has 0 amide bonds. The number of anilines is 1. The number of nitrogens with zero attached hydrogens (tertiary/aromatic N) is 1. The molecule has 166 valence electrons. The highest BCUT2D eigenvalue weighted by molar-refractivity contribution is 8.00. The molecule has 4 nitrogen and oxygen atoms in total. The van der Waals surface area contributed by atoms with Crippen molar-refractivity contribution in [2.75, 3.05) is 24.2 Å². The standard InChI is InChI=1S/C25H31FN2O2S/c1-4-6-12-30-25-17-23-21(16-24(25)29-3)18(10-11-27-23)14-19-8-9-20(15-22(19)26)28-31-13-7-5-2/h8-11,15-17,28H,4-7,12-14H2,1-3H3. The number of nitrogens with one attached hydrogen (secondary N) is 1. The van der Waals surface area contributed by atoms with E-state index in [-0.39, 0.29) is 5.82 Å². The number of halogens is 1.